The summed E-state index contributed by atoms with van der Waals surface area (Å²) in [6.45, 7) is 4.86. The van der Waals surface area contributed by atoms with E-state index in [1.54, 1.807) is 5.57 Å². The molecule has 4 aliphatic carbocycles. The smallest absolute Gasteiger partial charge is 0.0361 e. The predicted octanol–water partition coefficient (Wildman–Crippen LogP) is 15.6. The van der Waals surface area contributed by atoms with Crippen LogP contribution >= 0.6 is 11.3 Å². The lowest BCUT2D eigenvalue weighted by Crippen LogP contribution is -2.17. The van der Waals surface area contributed by atoms with Crippen LogP contribution in [0.3, 0.4) is 0 Å². The minimum absolute atomic E-state index is 0.00315. The summed E-state index contributed by atoms with van der Waals surface area (Å²) < 4.78 is 2.75. The molecular weight excluding hydrogens is 693 g/mol. The van der Waals surface area contributed by atoms with Gasteiger partial charge in [-0.15, -0.1) is 11.3 Å². The third-order valence-corrected chi connectivity index (χ3v) is 14.9. The van der Waals surface area contributed by atoms with Gasteiger partial charge in [-0.3, -0.25) is 0 Å². The van der Waals surface area contributed by atoms with Crippen LogP contribution in [-0.2, 0) is 5.41 Å². The number of fused-ring (bicyclic) bond motifs is 10. The van der Waals surface area contributed by atoms with E-state index in [1.165, 1.54) is 115 Å². The summed E-state index contributed by atoms with van der Waals surface area (Å²) in [5.74, 6) is 1.01. The van der Waals surface area contributed by atoms with Gasteiger partial charge in [0.1, 0.15) is 0 Å². The van der Waals surface area contributed by atoms with E-state index < -0.39 is 0 Å². The monoisotopic (exact) mass is 734 g/mol. The molecule has 56 heavy (non-hydrogen) atoms. The minimum Gasteiger partial charge on any atom is -0.135 e. The molecule has 0 saturated heterocycles. The number of hydrogen-bond acceptors (Lipinski definition) is 1. The highest BCUT2D eigenvalue weighted by molar-refractivity contribution is 7.25. The Bertz CT molecular complexity index is 3090. The fourth-order valence-electron chi connectivity index (χ4n) is 10.9. The zero-order chi connectivity index (χ0) is 37.1. The van der Waals surface area contributed by atoms with Gasteiger partial charge in [-0.05, 0) is 138 Å². The van der Waals surface area contributed by atoms with Gasteiger partial charge in [0.25, 0.3) is 0 Å². The summed E-state index contributed by atoms with van der Waals surface area (Å²) in [5, 5.41) is 10.8. The van der Waals surface area contributed by atoms with Crippen LogP contribution in [0, 0.1) is 5.92 Å². The van der Waals surface area contributed by atoms with Crippen molar-refractivity contribution in [2.45, 2.75) is 50.9 Å². The maximum Gasteiger partial charge on any atom is 0.0361 e. The van der Waals surface area contributed by atoms with Gasteiger partial charge in [0.05, 0.1) is 0 Å². The summed E-state index contributed by atoms with van der Waals surface area (Å²) in [4.78, 5) is 0. The van der Waals surface area contributed by atoms with Crippen molar-refractivity contribution in [3.63, 3.8) is 0 Å². The second kappa shape index (κ2) is 12.1. The first-order valence-electron chi connectivity index (χ1n) is 20.4. The lowest BCUT2D eigenvalue weighted by atomic mass is 9.76. The van der Waals surface area contributed by atoms with Crippen molar-refractivity contribution in [1.29, 1.82) is 0 Å². The molecule has 0 bridgehead atoms. The molecule has 1 aromatic heterocycles. The molecule has 1 heteroatoms. The minimum atomic E-state index is 0.00315. The largest absolute Gasteiger partial charge is 0.135 e. The van der Waals surface area contributed by atoms with Crippen molar-refractivity contribution < 1.29 is 0 Å². The number of rotatable bonds is 3. The topological polar surface area (TPSA) is 0 Å². The molecule has 8 aromatic rings. The molecule has 268 valence electrons. The zero-order valence-corrected chi connectivity index (χ0v) is 32.7. The van der Waals surface area contributed by atoms with E-state index in [0.29, 0.717) is 11.8 Å². The van der Waals surface area contributed by atoms with Gasteiger partial charge in [0, 0.05) is 31.5 Å². The molecule has 0 spiro atoms. The predicted molar refractivity (Wildman–Crippen MR) is 243 cm³/mol. The van der Waals surface area contributed by atoms with E-state index in [2.05, 4.69) is 172 Å². The Hall–Kier alpha value is -5.76. The summed E-state index contributed by atoms with van der Waals surface area (Å²) in [7, 11) is 0. The van der Waals surface area contributed by atoms with Crippen LogP contribution < -0.4 is 0 Å². The Morgan fingerprint density at radius 1 is 0.554 bits per heavy atom. The Balaban J connectivity index is 0.924. The van der Waals surface area contributed by atoms with Crippen molar-refractivity contribution >= 4 is 75.0 Å². The molecule has 12 rings (SSSR count). The maximum absolute atomic E-state index is 2.53. The van der Waals surface area contributed by atoms with Crippen molar-refractivity contribution in [2.75, 3.05) is 0 Å². The number of hydrogen-bond donors (Lipinski definition) is 0. The van der Waals surface area contributed by atoms with Gasteiger partial charge in [-0.1, -0.05) is 153 Å². The standard InChI is InChI=1S/C55H42S/c1-55(2)49-26-25-37(28-46(49)47-29-39-30-48-41-13-9-10-18-51(41)56-52(48)32-40(39)31-50(47)55)34-19-22-35(23-20-34)53-42-14-5-7-16-44(42)54(45-17-8-6-15-43(45)53)38-24-21-33-11-3-4-12-36(33)27-38/h3,5-11,13-26,29-32,36,46H,4,12,27-28H2,1-2H3. The van der Waals surface area contributed by atoms with Crippen LogP contribution in [0.2, 0.25) is 0 Å². The first kappa shape index (κ1) is 32.5. The fraction of sp³-hybridized carbons (Fsp3) is 0.164. The number of benzene rings is 7. The van der Waals surface area contributed by atoms with Crippen molar-refractivity contribution in [2.24, 2.45) is 5.92 Å². The van der Waals surface area contributed by atoms with Crippen LogP contribution in [0.1, 0.15) is 67.7 Å². The van der Waals surface area contributed by atoms with Gasteiger partial charge in [-0.25, -0.2) is 0 Å². The van der Waals surface area contributed by atoms with Crippen LogP contribution in [0.4, 0.5) is 0 Å². The van der Waals surface area contributed by atoms with E-state index in [4.69, 9.17) is 0 Å². The zero-order valence-electron chi connectivity index (χ0n) is 31.9. The Kier molecular flexibility index (Phi) is 7.03. The van der Waals surface area contributed by atoms with Crippen LogP contribution in [-0.4, -0.2) is 0 Å². The van der Waals surface area contributed by atoms with Gasteiger partial charge >= 0.3 is 0 Å². The SMILES string of the molecule is CC1(C)C2=CC=C(c3ccc(-c4c5ccccc5c(C5=CC=C6C=CCCC6C5)c5ccccc45)cc3)CC2c2cc3cc4c(cc3cc21)sc1ccccc14. The van der Waals surface area contributed by atoms with Gasteiger partial charge < -0.3 is 0 Å². The Morgan fingerprint density at radius 3 is 1.98 bits per heavy atom. The molecule has 4 aliphatic rings. The lowest BCUT2D eigenvalue weighted by molar-refractivity contribution is 0.573. The summed E-state index contributed by atoms with van der Waals surface area (Å²) in [5.41, 5.74) is 14.3. The van der Waals surface area contributed by atoms with Crippen molar-refractivity contribution in [1.82, 2.24) is 0 Å². The van der Waals surface area contributed by atoms with Crippen LogP contribution in [0.5, 0.6) is 0 Å². The van der Waals surface area contributed by atoms with E-state index in [0.717, 1.165) is 12.8 Å². The normalized spacial score (nSPS) is 19.8. The lowest BCUT2D eigenvalue weighted by Gasteiger charge is -2.28. The van der Waals surface area contributed by atoms with Crippen LogP contribution in [0.25, 0.3) is 74.8 Å². The molecular formula is C55H42S. The molecule has 0 aliphatic heterocycles. The summed E-state index contributed by atoms with van der Waals surface area (Å²) in [6, 6.07) is 46.5. The molecule has 0 nitrogen and oxygen atoms in total. The molecule has 0 radical (unpaired) electrons. The molecule has 0 N–H and O–H groups in total. The molecule has 0 amide bonds. The molecule has 2 unspecified atom stereocenters. The van der Waals surface area contributed by atoms with Crippen molar-refractivity contribution in [3.05, 3.63) is 191 Å². The third kappa shape index (κ3) is 4.77. The van der Waals surface area contributed by atoms with Gasteiger partial charge in [0.2, 0.25) is 0 Å². The Morgan fingerprint density at radius 2 is 1.21 bits per heavy atom. The van der Waals surface area contributed by atoms with E-state index in [9.17, 15) is 0 Å². The molecule has 0 saturated carbocycles. The molecule has 0 fully saturated rings. The highest BCUT2D eigenvalue weighted by Crippen LogP contribution is 2.56. The summed E-state index contributed by atoms with van der Waals surface area (Å²) >= 11 is 1.91. The highest BCUT2D eigenvalue weighted by atomic mass is 32.1. The van der Waals surface area contributed by atoms with Crippen molar-refractivity contribution in [3.8, 4) is 11.1 Å². The third-order valence-electron chi connectivity index (χ3n) is 13.7. The van der Waals surface area contributed by atoms with Gasteiger partial charge in [-0.2, -0.15) is 0 Å². The Labute approximate surface area is 332 Å². The van der Waals surface area contributed by atoms with Crippen LogP contribution in [0.15, 0.2) is 169 Å². The highest BCUT2D eigenvalue weighted by Gasteiger charge is 2.43. The van der Waals surface area contributed by atoms with E-state index in [1.807, 2.05) is 11.3 Å². The second-order valence-corrected chi connectivity index (χ2v) is 18.2. The molecule has 7 aromatic carbocycles. The van der Waals surface area contributed by atoms with E-state index >= 15 is 0 Å². The molecule has 2 atom stereocenters. The molecule has 1 heterocycles. The number of allylic oxidation sites excluding steroid dienone is 10. The first-order valence-corrected chi connectivity index (χ1v) is 21.2. The average molecular weight is 735 g/mol. The van der Waals surface area contributed by atoms with Gasteiger partial charge in [0.15, 0.2) is 0 Å². The quantitative estimate of drug-likeness (QED) is 0.159. The second-order valence-electron chi connectivity index (χ2n) is 17.1. The fourth-order valence-corrected chi connectivity index (χ4v) is 12.1. The summed E-state index contributed by atoms with van der Waals surface area (Å²) in [6.07, 6.45) is 18.9. The maximum atomic E-state index is 2.53. The average Bonchev–Trinajstić information content (AvgIpc) is 3.71. The first-order chi connectivity index (χ1) is 27.5. The number of thiophene rings is 1. The van der Waals surface area contributed by atoms with E-state index in [-0.39, 0.29) is 5.41 Å².